The highest BCUT2D eigenvalue weighted by molar-refractivity contribution is 7.85. The topological polar surface area (TPSA) is 211 Å². The summed E-state index contributed by atoms with van der Waals surface area (Å²) >= 11 is 0. The highest BCUT2D eigenvalue weighted by Gasteiger charge is 2.16. The summed E-state index contributed by atoms with van der Waals surface area (Å²) in [5.41, 5.74) is 16.2. The summed E-state index contributed by atoms with van der Waals surface area (Å²) < 4.78 is 31.2. The van der Waals surface area contributed by atoms with E-state index in [-0.39, 0.29) is 40.9 Å². The molecule has 0 saturated carbocycles. The average Bonchev–Trinajstić information content (AvgIpc) is 2.51. The number of hydrogen-bond acceptors (Lipinski definition) is 9. The van der Waals surface area contributed by atoms with E-state index in [2.05, 4.69) is 4.98 Å². The summed E-state index contributed by atoms with van der Waals surface area (Å²) in [7, 11) is -4.25. The average molecular weight is 396 g/mol. The van der Waals surface area contributed by atoms with Gasteiger partial charge in [-0.2, -0.15) is 13.7 Å². The third-order valence-corrected chi connectivity index (χ3v) is 4.11. The van der Waals surface area contributed by atoms with E-state index in [9.17, 15) is 18.3 Å². The zero-order chi connectivity index (χ0) is 20.9. The Bertz CT molecular complexity index is 1030. The van der Waals surface area contributed by atoms with Crippen molar-refractivity contribution < 1.29 is 18.1 Å². The van der Waals surface area contributed by atoms with E-state index in [1.165, 1.54) is 19.1 Å². The minimum Gasteiger partial charge on any atom is -0.494 e. The molecule has 8 N–H and O–H groups in total. The van der Waals surface area contributed by atoms with Gasteiger partial charge in [0, 0.05) is 24.2 Å². The van der Waals surface area contributed by atoms with Gasteiger partial charge in [-0.1, -0.05) is 0 Å². The van der Waals surface area contributed by atoms with Crippen LogP contribution in [0.3, 0.4) is 0 Å². The monoisotopic (exact) mass is 396 g/mol. The Kier molecular flexibility index (Phi) is 6.75. The van der Waals surface area contributed by atoms with Crippen molar-refractivity contribution in [1.29, 1.82) is 5.26 Å². The molecule has 0 bridgehead atoms. The number of nitrogens with zero attached hydrogens (tertiary/aromatic N) is 3. The van der Waals surface area contributed by atoms with Crippen molar-refractivity contribution in [2.75, 3.05) is 17.2 Å². The SMILES string of the molecule is CCn1c(O)cc(C)c(CS(=O)(=O)O)c1=O.N#Cc1c(N)cc(N)nc1N. The molecule has 2 aromatic heterocycles. The van der Waals surface area contributed by atoms with Crippen LogP contribution in [0.2, 0.25) is 0 Å². The summed E-state index contributed by atoms with van der Waals surface area (Å²) in [6.07, 6.45) is 0. The first-order valence-electron chi connectivity index (χ1n) is 7.50. The van der Waals surface area contributed by atoms with E-state index in [1.807, 2.05) is 6.07 Å². The maximum Gasteiger partial charge on any atom is 0.269 e. The van der Waals surface area contributed by atoms with Crippen molar-refractivity contribution in [3.63, 3.8) is 0 Å². The number of nitriles is 1. The van der Waals surface area contributed by atoms with Gasteiger partial charge in [-0.15, -0.1) is 0 Å². The summed E-state index contributed by atoms with van der Waals surface area (Å²) in [5.74, 6) is -0.661. The van der Waals surface area contributed by atoms with Crippen LogP contribution in [0.25, 0.3) is 0 Å². The maximum absolute atomic E-state index is 11.7. The molecule has 146 valence electrons. The van der Waals surface area contributed by atoms with Gasteiger partial charge in [-0.05, 0) is 19.4 Å². The molecule has 0 amide bonds. The predicted molar refractivity (Wildman–Crippen MR) is 100 cm³/mol. The molecule has 12 heteroatoms. The van der Waals surface area contributed by atoms with E-state index in [0.29, 0.717) is 5.56 Å². The lowest BCUT2D eigenvalue weighted by Gasteiger charge is -2.10. The number of aryl methyl sites for hydroxylation is 1. The van der Waals surface area contributed by atoms with Crippen LogP contribution in [0.5, 0.6) is 5.88 Å². The number of anilines is 3. The minimum absolute atomic E-state index is 0.0258. The third-order valence-electron chi connectivity index (χ3n) is 3.45. The molecule has 0 saturated heterocycles. The molecule has 0 aliphatic heterocycles. The summed E-state index contributed by atoms with van der Waals surface area (Å²) in [4.78, 5) is 15.4. The number of nitrogens with two attached hydrogens (primary N) is 3. The second-order valence-corrected chi connectivity index (χ2v) is 6.90. The van der Waals surface area contributed by atoms with Crippen molar-refractivity contribution in [3.05, 3.63) is 39.2 Å². The van der Waals surface area contributed by atoms with Gasteiger partial charge in [0.1, 0.15) is 29.0 Å². The Hall–Kier alpha value is -3.30. The first-order chi connectivity index (χ1) is 12.4. The molecule has 0 spiro atoms. The lowest BCUT2D eigenvalue weighted by atomic mass is 10.2. The fourth-order valence-electron chi connectivity index (χ4n) is 2.19. The van der Waals surface area contributed by atoms with Crippen molar-refractivity contribution in [1.82, 2.24) is 9.55 Å². The largest absolute Gasteiger partial charge is 0.494 e. The third kappa shape index (κ3) is 5.59. The number of hydrogen-bond donors (Lipinski definition) is 5. The minimum atomic E-state index is -4.25. The molecular formula is C15H20N6O5S. The van der Waals surface area contributed by atoms with Gasteiger partial charge in [-0.3, -0.25) is 13.9 Å². The lowest BCUT2D eigenvalue weighted by molar-refractivity contribution is 0.409. The van der Waals surface area contributed by atoms with Crippen LogP contribution in [-0.4, -0.2) is 27.6 Å². The Balaban J connectivity index is 0.000000289. The maximum atomic E-state index is 11.7. The van der Waals surface area contributed by atoms with Crippen LogP contribution in [0, 0.1) is 18.3 Å². The molecular weight excluding hydrogens is 376 g/mol. The summed E-state index contributed by atoms with van der Waals surface area (Å²) in [5, 5.41) is 17.9. The lowest BCUT2D eigenvalue weighted by Crippen LogP contribution is -2.25. The summed E-state index contributed by atoms with van der Waals surface area (Å²) in [6.45, 7) is 3.37. The van der Waals surface area contributed by atoms with Gasteiger partial charge in [0.15, 0.2) is 5.88 Å². The van der Waals surface area contributed by atoms with Crippen molar-refractivity contribution >= 4 is 27.4 Å². The van der Waals surface area contributed by atoms with Gasteiger partial charge < -0.3 is 22.3 Å². The molecule has 0 unspecified atom stereocenters. The van der Waals surface area contributed by atoms with E-state index in [4.69, 9.17) is 27.0 Å². The Labute approximate surface area is 155 Å². The molecule has 0 radical (unpaired) electrons. The standard InChI is InChI=1S/C9H13NO5S.C6H7N5/c1-3-10-8(11)4-6(2)7(9(10)12)5-16(13,14)15;7-2-3-4(8)1-5(9)11-6(3)10/h4,11H,3,5H2,1-2H3,(H,13,14,15);1H,(H6,8,9,10,11). The molecule has 0 aromatic carbocycles. The first kappa shape index (κ1) is 21.7. The molecule has 0 atom stereocenters. The molecule has 11 nitrogen and oxygen atoms in total. The zero-order valence-electron chi connectivity index (χ0n) is 14.7. The Morgan fingerprint density at radius 3 is 2.33 bits per heavy atom. The molecule has 0 aliphatic carbocycles. The molecule has 0 aliphatic rings. The van der Waals surface area contributed by atoms with Crippen LogP contribution < -0.4 is 22.8 Å². The Morgan fingerprint density at radius 1 is 1.30 bits per heavy atom. The van der Waals surface area contributed by atoms with Crippen molar-refractivity contribution in [2.45, 2.75) is 26.1 Å². The first-order valence-corrected chi connectivity index (χ1v) is 9.11. The van der Waals surface area contributed by atoms with Gasteiger partial charge in [-0.25, -0.2) is 4.98 Å². The quantitative estimate of drug-likeness (QED) is 0.437. The van der Waals surface area contributed by atoms with Crippen LogP contribution in [0.1, 0.15) is 23.6 Å². The number of nitrogen functional groups attached to an aromatic ring is 3. The van der Waals surface area contributed by atoms with Gasteiger partial charge in [0.2, 0.25) is 0 Å². The molecule has 2 rings (SSSR count). The number of aromatic hydroxyl groups is 1. The fourth-order valence-corrected chi connectivity index (χ4v) is 2.90. The van der Waals surface area contributed by atoms with Gasteiger partial charge in [0.05, 0.1) is 5.69 Å². The number of aromatic nitrogens is 2. The highest BCUT2D eigenvalue weighted by atomic mass is 32.2. The van der Waals surface area contributed by atoms with E-state index >= 15 is 0 Å². The van der Waals surface area contributed by atoms with Crippen LogP contribution in [0.15, 0.2) is 16.9 Å². The Morgan fingerprint density at radius 2 is 1.89 bits per heavy atom. The van der Waals surface area contributed by atoms with Crippen molar-refractivity contribution in [3.8, 4) is 11.9 Å². The normalized spacial score (nSPS) is 10.6. The van der Waals surface area contributed by atoms with Gasteiger partial charge >= 0.3 is 0 Å². The van der Waals surface area contributed by atoms with Crippen molar-refractivity contribution in [2.24, 2.45) is 0 Å². The second-order valence-electron chi connectivity index (χ2n) is 5.45. The highest BCUT2D eigenvalue weighted by Crippen LogP contribution is 2.18. The van der Waals surface area contributed by atoms with Crippen LogP contribution in [0.4, 0.5) is 17.3 Å². The smallest absolute Gasteiger partial charge is 0.269 e. The molecule has 0 fully saturated rings. The number of rotatable bonds is 3. The number of pyridine rings is 2. The molecule has 2 heterocycles. The molecule has 2 aromatic rings. The fraction of sp³-hybridized carbons (Fsp3) is 0.267. The van der Waals surface area contributed by atoms with Gasteiger partial charge in [0.25, 0.3) is 15.7 Å². The second kappa shape index (κ2) is 8.39. The van der Waals surface area contributed by atoms with E-state index < -0.39 is 21.4 Å². The van der Waals surface area contributed by atoms with E-state index in [0.717, 1.165) is 4.57 Å². The predicted octanol–water partition coefficient (Wildman–Crippen LogP) is -0.0301. The zero-order valence-corrected chi connectivity index (χ0v) is 15.5. The van der Waals surface area contributed by atoms with E-state index in [1.54, 1.807) is 6.92 Å². The van der Waals surface area contributed by atoms with Crippen LogP contribution >= 0.6 is 0 Å². The molecule has 27 heavy (non-hydrogen) atoms. The summed E-state index contributed by atoms with van der Waals surface area (Å²) in [6, 6.07) is 4.52. The van der Waals surface area contributed by atoms with Crippen LogP contribution in [-0.2, 0) is 22.4 Å².